The number of carbonyl (C=O) groups excluding carboxylic acids is 3. The molecule has 3 unspecified atom stereocenters. The standard InChI is InChI=1S/C11H13NO7.CH2Cl2/c13-8-1-2-9(14)12(8)19-11(15)18-7-5-17-10-6(7)3-4-16-10;2-1-3/h6-7,10H,1-5H2;1H2. The van der Waals surface area contributed by atoms with Crippen LogP contribution in [0.1, 0.15) is 19.3 Å². The van der Waals surface area contributed by atoms with Crippen LogP contribution < -0.4 is 0 Å². The molecule has 0 aromatic rings. The lowest BCUT2D eigenvalue weighted by atomic mass is 10.0. The molecule has 0 N–H and O–H groups in total. The Morgan fingerprint density at radius 1 is 1.23 bits per heavy atom. The fourth-order valence-electron chi connectivity index (χ4n) is 2.43. The first-order valence-corrected chi connectivity index (χ1v) is 7.73. The maximum absolute atomic E-state index is 11.5. The third-order valence-corrected chi connectivity index (χ3v) is 3.40. The summed E-state index contributed by atoms with van der Waals surface area (Å²) in [6, 6.07) is 0. The van der Waals surface area contributed by atoms with Gasteiger partial charge in [0.15, 0.2) is 6.29 Å². The molecule has 3 aliphatic rings. The smallest absolute Gasteiger partial charge is 0.426 e. The highest BCUT2D eigenvalue weighted by atomic mass is 35.5. The lowest BCUT2D eigenvalue weighted by molar-refractivity contribution is -0.179. The Morgan fingerprint density at radius 3 is 2.50 bits per heavy atom. The molecule has 3 heterocycles. The summed E-state index contributed by atoms with van der Waals surface area (Å²) < 4.78 is 15.7. The summed E-state index contributed by atoms with van der Waals surface area (Å²) >= 11 is 9.53. The summed E-state index contributed by atoms with van der Waals surface area (Å²) in [5, 5.41) is 0.654. The molecule has 3 saturated heterocycles. The summed E-state index contributed by atoms with van der Waals surface area (Å²) in [6.45, 7) is 0.791. The molecule has 10 heteroatoms. The van der Waals surface area contributed by atoms with Crippen molar-refractivity contribution in [2.75, 3.05) is 18.6 Å². The van der Waals surface area contributed by atoms with Crippen LogP contribution in [0.3, 0.4) is 0 Å². The molecule has 22 heavy (non-hydrogen) atoms. The van der Waals surface area contributed by atoms with Crippen molar-refractivity contribution in [3.05, 3.63) is 0 Å². The van der Waals surface area contributed by atoms with Gasteiger partial charge < -0.3 is 14.2 Å². The van der Waals surface area contributed by atoms with Crippen molar-refractivity contribution in [2.24, 2.45) is 5.92 Å². The van der Waals surface area contributed by atoms with E-state index in [9.17, 15) is 14.4 Å². The molecule has 0 aromatic carbocycles. The first-order chi connectivity index (χ1) is 10.6. The van der Waals surface area contributed by atoms with E-state index in [1.54, 1.807) is 0 Å². The number of nitrogens with zero attached hydrogens (tertiary/aromatic N) is 1. The van der Waals surface area contributed by atoms with Gasteiger partial charge in [-0.05, 0) is 6.42 Å². The lowest BCUT2D eigenvalue weighted by Crippen LogP contribution is -2.35. The van der Waals surface area contributed by atoms with Crippen LogP contribution in [0.4, 0.5) is 4.79 Å². The van der Waals surface area contributed by atoms with Crippen LogP contribution in [0.25, 0.3) is 0 Å². The average Bonchev–Trinajstić information content (AvgIpc) is 3.14. The Bertz CT molecular complexity index is 431. The molecule has 3 atom stereocenters. The second-order valence-electron chi connectivity index (χ2n) is 4.71. The largest absolute Gasteiger partial charge is 0.534 e. The SMILES string of the molecule is ClCCl.O=C(OC1COC2OCCC12)ON1C(=O)CCC1=O. The molecule has 3 fully saturated rings. The molecular formula is C12H15Cl2NO7. The van der Waals surface area contributed by atoms with Crippen LogP contribution in [0.5, 0.6) is 0 Å². The van der Waals surface area contributed by atoms with E-state index in [1.807, 2.05) is 0 Å². The molecule has 0 aromatic heterocycles. The summed E-state index contributed by atoms with van der Waals surface area (Å²) in [5.41, 5.74) is 0. The summed E-state index contributed by atoms with van der Waals surface area (Å²) in [4.78, 5) is 38.7. The van der Waals surface area contributed by atoms with Crippen molar-refractivity contribution >= 4 is 41.2 Å². The Labute approximate surface area is 136 Å². The number of hydroxylamine groups is 2. The monoisotopic (exact) mass is 355 g/mol. The third kappa shape index (κ3) is 4.01. The van der Waals surface area contributed by atoms with Gasteiger partial charge in [0.05, 0.1) is 24.5 Å². The van der Waals surface area contributed by atoms with Gasteiger partial charge in [-0.2, -0.15) is 0 Å². The Morgan fingerprint density at radius 2 is 1.86 bits per heavy atom. The zero-order chi connectivity index (χ0) is 16.1. The normalized spacial score (nSPS) is 29.9. The van der Waals surface area contributed by atoms with Crippen molar-refractivity contribution in [2.45, 2.75) is 31.7 Å². The number of halogens is 2. The molecule has 124 valence electrons. The fraction of sp³-hybridized carbons (Fsp3) is 0.750. The van der Waals surface area contributed by atoms with Crippen LogP contribution in [-0.2, 0) is 28.6 Å². The molecule has 0 radical (unpaired) electrons. The molecule has 3 rings (SSSR count). The molecular weight excluding hydrogens is 341 g/mol. The van der Waals surface area contributed by atoms with Crippen molar-refractivity contribution in [3.8, 4) is 0 Å². The van der Waals surface area contributed by atoms with Crippen molar-refractivity contribution in [3.63, 3.8) is 0 Å². The maximum Gasteiger partial charge on any atom is 0.534 e. The number of hydrogen-bond donors (Lipinski definition) is 0. The minimum absolute atomic E-state index is 0.0162. The van der Waals surface area contributed by atoms with E-state index in [1.165, 1.54) is 0 Å². The second kappa shape index (κ2) is 7.96. The van der Waals surface area contributed by atoms with Crippen molar-refractivity contribution < 1.29 is 33.4 Å². The van der Waals surface area contributed by atoms with Gasteiger partial charge >= 0.3 is 6.16 Å². The number of imide groups is 1. The Hall–Kier alpha value is -1.09. The number of amides is 2. The zero-order valence-electron chi connectivity index (χ0n) is 11.5. The van der Waals surface area contributed by atoms with E-state index in [4.69, 9.17) is 37.4 Å². The number of carbonyl (C=O) groups is 3. The highest BCUT2D eigenvalue weighted by Gasteiger charge is 2.44. The van der Waals surface area contributed by atoms with Crippen molar-refractivity contribution in [1.82, 2.24) is 5.06 Å². The number of hydrogen-bond acceptors (Lipinski definition) is 7. The van der Waals surface area contributed by atoms with E-state index in [2.05, 4.69) is 4.84 Å². The lowest BCUT2D eigenvalue weighted by Gasteiger charge is -2.17. The number of alkyl halides is 2. The van der Waals surface area contributed by atoms with E-state index in [0.29, 0.717) is 11.7 Å². The molecule has 0 aliphatic carbocycles. The second-order valence-corrected chi connectivity index (χ2v) is 5.51. The van der Waals surface area contributed by atoms with E-state index in [0.717, 1.165) is 6.42 Å². The van der Waals surface area contributed by atoms with Crippen LogP contribution in [0.15, 0.2) is 0 Å². The highest BCUT2D eigenvalue weighted by molar-refractivity contribution is 6.40. The quantitative estimate of drug-likeness (QED) is 0.419. The number of ether oxygens (including phenoxy) is 3. The first-order valence-electron chi connectivity index (χ1n) is 6.66. The summed E-state index contributed by atoms with van der Waals surface area (Å²) in [5.74, 6) is -1.09. The van der Waals surface area contributed by atoms with Gasteiger partial charge in [0.25, 0.3) is 11.8 Å². The predicted octanol–water partition coefficient (Wildman–Crippen LogP) is 1.39. The topological polar surface area (TPSA) is 91.4 Å². The summed E-state index contributed by atoms with van der Waals surface area (Å²) in [7, 11) is 0. The van der Waals surface area contributed by atoms with Crippen LogP contribution in [0, 0.1) is 5.92 Å². The van der Waals surface area contributed by atoms with Gasteiger partial charge in [0.1, 0.15) is 6.10 Å². The van der Waals surface area contributed by atoms with Gasteiger partial charge in [-0.1, -0.05) is 5.06 Å². The number of rotatable bonds is 2. The van der Waals surface area contributed by atoms with Crippen LogP contribution >= 0.6 is 23.2 Å². The Kier molecular flexibility index (Phi) is 6.25. The first kappa shape index (κ1) is 17.3. The van der Waals surface area contributed by atoms with Gasteiger partial charge in [0, 0.05) is 12.8 Å². The Balaban J connectivity index is 0.000000545. The van der Waals surface area contributed by atoms with E-state index >= 15 is 0 Å². The molecule has 0 spiro atoms. The van der Waals surface area contributed by atoms with Gasteiger partial charge in [0.2, 0.25) is 0 Å². The van der Waals surface area contributed by atoms with Crippen LogP contribution in [-0.4, -0.2) is 54.0 Å². The van der Waals surface area contributed by atoms with Gasteiger partial charge in [-0.25, -0.2) is 4.79 Å². The third-order valence-electron chi connectivity index (χ3n) is 3.40. The minimum atomic E-state index is -1.07. The van der Waals surface area contributed by atoms with E-state index < -0.39 is 24.1 Å². The number of fused-ring (bicyclic) bond motifs is 1. The van der Waals surface area contributed by atoms with Crippen molar-refractivity contribution in [1.29, 1.82) is 0 Å². The van der Waals surface area contributed by atoms with Crippen LogP contribution in [0.2, 0.25) is 0 Å². The molecule has 8 nitrogen and oxygen atoms in total. The molecule has 3 aliphatic heterocycles. The molecule has 0 bridgehead atoms. The predicted molar refractivity (Wildman–Crippen MR) is 72.8 cm³/mol. The summed E-state index contributed by atoms with van der Waals surface area (Å²) in [6.07, 6.45) is -1.02. The molecule has 2 amide bonds. The maximum atomic E-state index is 11.5. The fourth-order valence-corrected chi connectivity index (χ4v) is 2.43. The average molecular weight is 356 g/mol. The molecule has 0 saturated carbocycles. The highest BCUT2D eigenvalue weighted by Crippen LogP contribution is 2.33. The zero-order valence-corrected chi connectivity index (χ0v) is 13.0. The minimum Gasteiger partial charge on any atom is -0.426 e. The van der Waals surface area contributed by atoms with Gasteiger partial charge in [-0.3, -0.25) is 14.4 Å². The van der Waals surface area contributed by atoms with Gasteiger partial charge in [-0.15, -0.1) is 23.2 Å². The van der Waals surface area contributed by atoms with E-state index in [-0.39, 0.29) is 37.0 Å².